The van der Waals surface area contributed by atoms with E-state index in [1.807, 2.05) is 0 Å². The molecule has 0 amide bonds. The molecule has 0 unspecified atom stereocenters. The molecular weight excluding hydrogens is 428 g/mol. The van der Waals surface area contributed by atoms with Crippen LogP contribution in [0.1, 0.15) is 90.9 Å². The van der Waals surface area contributed by atoms with Crippen molar-refractivity contribution in [2.24, 2.45) is 11.5 Å². The number of hydrogen-bond acceptors (Lipinski definition) is 8. The summed E-state index contributed by atoms with van der Waals surface area (Å²) in [5, 5.41) is 0. The first-order chi connectivity index (χ1) is 14.6. The molecular formula is C20H44N2O8S. The maximum Gasteiger partial charge on any atom is 0.394 e. The Balaban J connectivity index is -0.000000416. The molecule has 0 radical (unpaired) electrons. The molecule has 0 rings (SSSR count). The van der Waals surface area contributed by atoms with Gasteiger partial charge in [-0.05, 0) is 51.6 Å². The lowest BCUT2D eigenvalue weighted by atomic mass is 10.2. The first-order valence-electron chi connectivity index (χ1n) is 11.0. The van der Waals surface area contributed by atoms with Crippen LogP contribution in [0.15, 0.2) is 0 Å². The Hall–Kier alpha value is -1.27. The largest absolute Gasteiger partial charge is 0.466 e. The monoisotopic (exact) mass is 472 g/mol. The van der Waals surface area contributed by atoms with E-state index in [1.165, 1.54) is 0 Å². The molecule has 0 saturated heterocycles. The molecule has 0 aromatic carbocycles. The van der Waals surface area contributed by atoms with Crippen LogP contribution in [0.3, 0.4) is 0 Å². The Morgan fingerprint density at radius 1 is 0.677 bits per heavy atom. The number of rotatable bonds is 16. The van der Waals surface area contributed by atoms with Gasteiger partial charge in [-0.15, -0.1) is 0 Å². The average molecular weight is 473 g/mol. The van der Waals surface area contributed by atoms with Crippen LogP contribution in [0.2, 0.25) is 0 Å². The van der Waals surface area contributed by atoms with Crippen LogP contribution in [0, 0.1) is 0 Å². The van der Waals surface area contributed by atoms with Crippen molar-refractivity contribution in [1.29, 1.82) is 0 Å². The maximum absolute atomic E-state index is 11.0. The van der Waals surface area contributed by atoms with Crippen molar-refractivity contribution in [3.63, 3.8) is 0 Å². The van der Waals surface area contributed by atoms with Crippen molar-refractivity contribution in [3.8, 4) is 0 Å². The molecule has 6 N–H and O–H groups in total. The van der Waals surface area contributed by atoms with E-state index in [0.29, 0.717) is 39.1 Å². The van der Waals surface area contributed by atoms with E-state index in [9.17, 15) is 9.59 Å². The zero-order valence-corrected chi connectivity index (χ0v) is 20.0. The van der Waals surface area contributed by atoms with Crippen LogP contribution in [-0.2, 0) is 29.5 Å². The lowest BCUT2D eigenvalue weighted by molar-refractivity contribution is -0.144. The maximum atomic E-state index is 11.0. The van der Waals surface area contributed by atoms with Gasteiger partial charge in [0.05, 0.1) is 13.2 Å². The second kappa shape index (κ2) is 26.8. The summed E-state index contributed by atoms with van der Waals surface area (Å²) < 4.78 is 41.6. The Morgan fingerprint density at radius 3 is 1.26 bits per heavy atom. The fourth-order valence-electron chi connectivity index (χ4n) is 1.99. The fraction of sp³-hybridized carbons (Fsp3) is 0.900. The first kappa shape index (κ1) is 34.3. The van der Waals surface area contributed by atoms with Gasteiger partial charge in [-0.2, -0.15) is 8.42 Å². The standard InChI is InChI=1S/2C10H21NO2.H2O4S/c2*1-2-3-9-13-10(12)7-5-4-6-8-11;1-5(2,3)4/h2*2-9,11H2,1H3;(H2,1,2,3,4). The highest BCUT2D eigenvalue weighted by Crippen LogP contribution is 2.02. The van der Waals surface area contributed by atoms with Gasteiger partial charge in [0.1, 0.15) is 0 Å². The summed E-state index contributed by atoms with van der Waals surface area (Å²) in [6.45, 7) is 6.73. The van der Waals surface area contributed by atoms with Gasteiger partial charge in [-0.3, -0.25) is 18.7 Å². The minimum Gasteiger partial charge on any atom is -0.466 e. The summed E-state index contributed by atoms with van der Waals surface area (Å²) in [5.74, 6) is -0.129. The number of unbranched alkanes of at least 4 members (excludes halogenated alkanes) is 6. The van der Waals surface area contributed by atoms with Crippen molar-refractivity contribution in [2.75, 3.05) is 26.3 Å². The molecule has 31 heavy (non-hydrogen) atoms. The third kappa shape index (κ3) is 47.8. The highest BCUT2D eigenvalue weighted by atomic mass is 32.3. The van der Waals surface area contributed by atoms with Crippen LogP contribution >= 0.6 is 0 Å². The molecule has 0 atom stereocenters. The summed E-state index contributed by atoms with van der Waals surface area (Å²) in [7, 11) is -4.67. The van der Waals surface area contributed by atoms with E-state index < -0.39 is 10.4 Å². The Bertz CT molecular complexity index is 463. The number of nitrogens with two attached hydrogens (primary N) is 2. The summed E-state index contributed by atoms with van der Waals surface area (Å²) in [4.78, 5) is 22.1. The average Bonchev–Trinajstić information content (AvgIpc) is 2.68. The normalized spacial score (nSPS) is 10.3. The van der Waals surface area contributed by atoms with Gasteiger partial charge in [0.2, 0.25) is 0 Å². The van der Waals surface area contributed by atoms with Crippen molar-refractivity contribution >= 4 is 22.3 Å². The van der Waals surface area contributed by atoms with Gasteiger partial charge in [0.25, 0.3) is 0 Å². The highest BCUT2D eigenvalue weighted by molar-refractivity contribution is 7.79. The van der Waals surface area contributed by atoms with Gasteiger partial charge in [-0.1, -0.05) is 39.5 Å². The van der Waals surface area contributed by atoms with Gasteiger partial charge >= 0.3 is 22.3 Å². The lowest BCUT2D eigenvalue weighted by Gasteiger charge is -2.02. The molecule has 11 heteroatoms. The molecule has 0 saturated carbocycles. The molecule has 0 bridgehead atoms. The van der Waals surface area contributed by atoms with Crippen molar-refractivity contribution in [1.82, 2.24) is 0 Å². The minimum atomic E-state index is -4.67. The molecule has 0 aromatic rings. The lowest BCUT2D eigenvalue weighted by Crippen LogP contribution is -2.06. The van der Waals surface area contributed by atoms with Gasteiger partial charge in [-0.25, -0.2) is 0 Å². The SMILES string of the molecule is CCCCOC(=O)CCCCCN.CCCCOC(=O)CCCCCN.O=S(=O)(O)O. The van der Waals surface area contributed by atoms with Crippen molar-refractivity contribution in [3.05, 3.63) is 0 Å². The van der Waals surface area contributed by atoms with E-state index in [0.717, 1.165) is 64.2 Å². The zero-order valence-electron chi connectivity index (χ0n) is 19.2. The first-order valence-corrected chi connectivity index (χ1v) is 12.4. The summed E-state index contributed by atoms with van der Waals surface area (Å²) in [5.41, 5.74) is 10.7. The quantitative estimate of drug-likeness (QED) is 0.148. The Kier molecular flexibility index (Phi) is 29.7. The van der Waals surface area contributed by atoms with Crippen LogP contribution in [0.4, 0.5) is 0 Å². The molecule has 10 nitrogen and oxygen atoms in total. The number of ether oxygens (including phenoxy) is 2. The number of hydrogen-bond donors (Lipinski definition) is 4. The molecule has 0 spiro atoms. The molecule has 188 valence electrons. The van der Waals surface area contributed by atoms with E-state index in [1.54, 1.807) is 0 Å². The predicted molar refractivity (Wildman–Crippen MR) is 121 cm³/mol. The Morgan fingerprint density at radius 2 is 1.00 bits per heavy atom. The van der Waals surface area contributed by atoms with Crippen LogP contribution in [0.25, 0.3) is 0 Å². The van der Waals surface area contributed by atoms with Crippen molar-refractivity contribution in [2.45, 2.75) is 90.9 Å². The summed E-state index contributed by atoms with van der Waals surface area (Å²) in [6.07, 6.45) is 11.0. The van der Waals surface area contributed by atoms with Gasteiger partial charge in [0, 0.05) is 12.8 Å². The number of esters is 2. The predicted octanol–water partition coefficient (Wildman–Crippen LogP) is 3.04. The van der Waals surface area contributed by atoms with E-state index in [2.05, 4.69) is 13.8 Å². The summed E-state index contributed by atoms with van der Waals surface area (Å²) >= 11 is 0. The summed E-state index contributed by atoms with van der Waals surface area (Å²) in [6, 6.07) is 0. The van der Waals surface area contributed by atoms with E-state index in [-0.39, 0.29) is 11.9 Å². The van der Waals surface area contributed by atoms with Crippen molar-refractivity contribution < 1.29 is 36.6 Å². The molecule has 0 aliphatic carbocycles. The molecule has 0 aromatic heterocycles. The third-order valence-electron chi connectivity index (χ3n) is 3.69. The smallest absolute Gasteiger partial charge is 0.394 e. The number of carbonyl (C=O) groups is 2. The van der Waals surface area contributed by atoms with Gasteiger partial charge < -0.3 is 20.9 Å². The molecule has 0 aliphatic rings. The fourth-order valence-corrected chi connectivity index (χ4v) is 1.99. The molecule has 0 aliphatic heterocycles. The second-order valence-electron chi connectivity index (χ2n) is 6.79. The number of carbonyl (C=O) groups excluding carboxylic acids is 2. The van der Waals surface area contributed by atoms with Crippen LogP contribution in [0.5, 0.6) is 0 Å². The van der Waals surface area contributed by atoms with E-state index in [4.69, 9.17) is 38.5 Å². The minimum absolute atomic E-state index is 0.0644. The topological polar surface area (TPSA) is 179 Å². The highest BCUT2D eigenvalue weighted by Gasteiger charge is 2.01. The zero-order chi connectivity index (χ0) is 24.4. The molecule has 0 heterocycles. The third-order valence-corrected chi connectivity index (χ3v) is 3.69. The molecule has 0 fully saturated rings. The Labute approximate surface area is 188 Å². The van der Waals surface area contributed by atoms with Crippen LogP contribution < -0.4 is 11.5 Å². The van der Waals surface area contributed by atoms with E-state index >= 15 is 0 Å². The van der Waals surface area contributed by atoms with Crippen LogP contribution in [-0.4, -0.2) is 55.8 Å². The van der Waals surface area contributed by atoms with Gasteiger partial charge in [0.15, 0.2) is 0 Å². The second-order valence-corrected chi connectivity index (χ2v) is 7.69.